The minimum absolute atomic E-state index is 0.0646. The standard InChI is InChI=1S/C16H15F3N2O2/c1-8-6-11-13(15(22)16(17,18)19)14(9-2-3-9)20-21(11)12(7-8)23-10-4-5-10/h6-7,9-10H,2-5H2,1H3. The second-order valence-electron chi connectivity index (χ2n) is 6.35. The number of hydrogen-bond donors (Lipinski definition) is 0. The summed E-state index contributed by atoms with van der Waals surface area (Å²) in [5.74, 6) is -1.48. The van der Waals surface area contributed by atoms with E-state index in [1.165, 1.54) is 4.52 Å². The molecule has 0 spiro atoms. The van der Waals surface area contributed by atoms with E-state index < -0.39 is 12.0 Å². The number of rotatable bonds is 4. The molecule has 122 valence electrons. The van der Waals surface area contributed by atoms with Gasteiger partial charge >= 0.3 is 6.18 Å². The molecule has 0 saturated heterocycles. The van der Waals surface area contributed by atoms with Crippen molar-refractivity contribution in [3.63, 3.8) is 0 Å². The number of hydrogen-bond acceptors (Lipinski definition) is 3. The van der Waals surface area contributed by atoms with Crippen molar-refractivity contribution in [2.45, 2.75) is 50.8 Å². The van der Waals surface area contributed by atoms with Crippen molar-refractivity contribution >= 4 is 11.3 Å². The number of ether oxygens (including phenoxy) is 1. The number of aryl methyl sites for hydroxylation is 1. The van der Waals surface area contributed by atoms with Gasteiger partial charge in [-0.2, -0.15) is 18.3 Å². The Morgan fingerprint density at radius 3 is 2.52 bits per heavy atom. The van der Waals surface area contributed by atoms with Crippen LogP contribution in [0, 0.1) is 6.92 Å². The summed E-state index contributed by atoms with van der Waals surface area (Å²) in [6.07, 6.45) is -1.43. The second-order valence-corrected chi connectivity index (χ2v) is 6.35. The van der Waals surface area contributed by atoms with Gasteiger partial charge < -0.3 is 4.74 Å². The first-order valence-corrected chi connectivity index (χ1v) is 7.66. The van der Waals surface area contributed by atoms with Crippen molar-refractivity contribution < 1.29 is 22.7 Å². The Labute approximate surface area is 130 Å². The van der Waals surface area contributed by atoms with Gasteiger partial charge in [-0.05, 0) is 44.2 Å². The highest BCUT2D eigenvalue weighted by atomic mass is 19.4. The third kappa shape index (κ3) is 2.58. The summed E-state index contributed by atoms with van der Waals surface area (Å²) in [4.78, 5) is 11.9. The molecule has 2 aliphatic carbocycles. The predicted molar refractivity (Wildman–Crippen MR) is 75.9 cm³/mol. The van der Waals surface area contributed by atoms with Gasteiger partial charge in [0.25, 0.3) is 5.78 Å². The number of ketones is 1. The fourth-order valence-corrected chi connectivity index (χ4v) is 2.72. The van der Waals surface area contributed by atoms with Gasteiger partial charge in [-0.3, -0.25) is 4.79 Å². The molecule has 2 fully saturated rings. The van der Waals surface area contributed by atoms with Crippen LogP contribution >= 0.6 is 0 Å². The van der Waals surface area contributed by atoms with Crippen molar-refractivity contribution in [3.8, 4) is 5.88 Å². The molecule has 0 aromatic carbocycles. The van der Waals surface area contributed by atoms with Crippen LogP contribution in [0.1, 0.15) is 53.2 Å². The lowest BCUT2D eigenvalue weighted by Gasteiger charge is -2.09. The third-order valence-corrected chi connectivity index (χ3v) is 4.13. The summed E-state index contributed by atoms with van der Waals surface area (Å²) in [6.45, 7) is 1.77. The van der Waals surface area contributed by atoms with E-state index in [-0.39, 0.29) is 28.8 Å². The normalized spacial score (nSPS) is 18.4. The van der Waals surface area contributed by atoms with Crippen molar-refractivity contribution in [1.82, 2.24) is 9.61 Å². The van der Waals surface area contributed by atoms with Gasteiger partial charge in [-0.1, -0.05) is 0 Å². The zero-order valence-corrected chi connectivity index (χ0v) is 12.5. The van der Waals surface area contributed by atoms with Gasteiger partial charge in [0, 0.05) is 12.0 Å². The van der Waals surface area contributed by atoms with Crippen LogP contribution < -0.4 is 4.74 Å². The number of fused-ring (bicyclic) bond motifs is 1. The van der Waals surface area contributed by atoms with Crippen molar-refractivity contribution in [2.24, 2.45) is 0 Å². The summed E-state index contributed by atoms with van der Waals surface area (Å²) in [7, 11) is 0. The van der Waals surface area contributed by atoms with Crippen molar-refractivity contribution in [2.75, 3.05) is 0 Å². The minimum Gasteiger partial charge on any atom is -0.474 e. The summed E-state index contributed by atoms with van der Waals surface area (Å²) in [5, 5.41) is 4.30. The highest BCUT2D eigenvalue weighted by Gasteiger charge is 2.45. The third-order valence-electron chi connectivity index (χ3n) is 4.13. The SMILES string of the molecule is Cc1cc(OC2CC2)n2nc(C3CC3)c(C(=O)C(F)(F)F)c2c1. The number of halogens is 3. The molecule has 2 aliphatic rings. The Kier molecular flexibility index (Phi) is 2.98. The number of carbonyl (C=O) groups is 1. The summed E-state index contributed by atoms with van der Waals surface area (Å²) in [5.41, 5.74) is 0.861. The number of Topliss-reactive ketones (excluding diaryl/α,β-unsaturated/α-hetero) is 1. The van der Waals surface area contributed by atoms with Gasteiger partial charge in [0.05, 0.1) is 16.8 Å². The van der Waals surface area contributed by atoms with E-state index in [0.717, 1.165) is 31.2 Å². The molecule has 0 amide bonds. The van der Waals surface area contributed by atoms with E-state index in [2.05, 4.69) is 5.10 Å². The lowest BCUT2D eigenvalue weighted by molar-refractivity contribution is -0.0884. The monoisotopic (exact) mass is 324 g/mol. The van der Waals surface area contributed by atoms with Gasteiger partial charge in [-0.25, -0.2) is 4.52 Å². The predicted octanol–water partition coefficient (Wildman–Crippen LogP) is 3.81. The van der Waals surface area contributed by atoms with Crippen molar-refractivity contribution in [1.29, 1.82) is 0 Å². The fourth-order valence-electron chi connectivity index (χ4n) is 2.72. The Balaban J connectivity index is 1.93. The molecule has 0 unspecified atom stereocenters. The first kappa shape index (κ1) is 14.5. The van der Waals surface area contributed by atoms with E-state index in [9.17, 15) is 18.0 Å². The lowest BCUT2D eigenvalue weighted by atomic mass is 10.1. The maximum Gasteiger partial charge on any atom is 0.455 e. The highest BCUT2D eigenvalue weighted by Crippen LogP contribution is 2.44. The van der Waals surface area contributed by atoms with E-state index in [1.54, 1.807) is 19.1 Å². The summed E-state index contributed by atoms with van der Waals surface area (Å²) >= 11 is 0. The van der Waals surface area contributed by atoms with Gasteiger partial charge in [0.2, 0.25) is 5.88 Å². The van der Waals surface area contributed by atoms with Crippen LogP contribution in [0.5, 0.6) is 5.88 Å². The zero-order valence-electron chi connectivity index (χ0n) is 12.5. The molecule has 7 heteroatoms. The largest absolute Gasteiger partial charge is 0.474 e. The molecule has 0 bridgehead atoms. The number of nitrogens with zero attached hydrogens (tertiary/aromatic N) is 2. The molecule has 0 N–H and O–H groups in total. The molecular formula is C16H15F3N2O2. The molecule has 0 radical (unpaired) electrons. The molecular weight excluding hydrogens is 309 g/mol. The molecule has 23 heavy (non-hydrogen) atoms. The van der Waals surface area contributed by atoms with Gasteiger partial charge in [0.1, 0.15) is 6.10 Å². The zero-order chi connectivity index (χ0) is 16.4. The van der Waals surface area contributed by atoms with E-state index in [0.29, 0.717) is 5.88 Å². The van der Waals surface area contributed by atoms with Crippen molar-refractivity contribution in [3.05, 3.63) is 29.0 Å². The first-order chi connectivity index (χ1) is 10.8. The maximum absolute atomic E-state index is 13.0. The average Bonchev–Trinajstić information content (AvgIpc) is 3.35. The second kappa shape index (κ2) is 4.72. The van der Waals surface area contributed by atoms with Crippen LogP contribution in [-0.2, 0) is 0 Å². The first-order valence-electron chi connectivity index (χ1n) is 7.66. The van der Waals surface area contributed by atoms with Crippen LogP contribution in [-0.4, -0.2) is 27.7 Å². The number of pyridine rings is 1. The Morgan fingerprint density at radius 1 is 1.26 bits per heavy atom. The Bertz CT molecular complexity index is 802. The molecule has 0 atom stereocenters. The minimum atomic E-state index is -4.91. The smallest absolute Gasteiger partial charge is 0.455 e. The molecule has 2 saturated carbocycles. The van der Waals surface area contributed by atoms with Gasteiger partial charge in [0.15, 0.2) is 0 Å². The van der Waals surface area contributed by atoms with Crippen LogP contribution in [0.15, 0.2) is 12.1 Å². The number of aromatic nitrogens is 2. The van der Waals surface area contributed by atoms with E-state index in [1.807, 2.05) is 0 Å². The highest BCUT2D eigenvalue weighted by molar-refractivity contribution is 6.07. The quantitative estimate of drug-likeness (QED) is 0.803. The molecule has 0 aliphatic heterocycles. The fraction of sp³-hybridized carbons (Fsp3) is 0.500. The molecule has 2 heterocycles. The lowest BCUT2D eigenvalue weighted by Crippen LogP contribution is -2.23. The molecule has 4 nitrogen and oxygen atoms in total. The molecule has 2 aromatic rings. The van der Waals surface area contributed by atoms with Gasteiger partial charge in [-0.15, -0.1) is 0 Å². The summed E-state index contributed by atoms with van der Waals surface area (Å²) < 4.78 is 46.1. The van der Waals surface area contributed by atoms with Crippen LogP contribution in [0.4, 0.5) is 13.2 Å². The Hall–Kier alpha value is -2.05. The average molecular weight is 324 g/mol. The Morgan fingerprint density at radius 2 is 1.96 bits per heavy atom. The van der Waals surface area contributed by atoms with E-state index >= 15 is 0 Å². The van der Waals surface area contributed by atoms with Crippen LogP contribution in [0.25, 0.3) is 5.52 Å². The molecule has 2 aromatic heterocycles. The van der Waals surface area contributed by atoms with Crippen LogP contribution in [0.2, 0.25) is 0 Å². The maximum atomic E-state index is 13.0. The molecule has 4 rings (SSSR count). The number of alkyl halides is 3. The van der Waals surface area contributed by atoms with Crippen LogP contribution in [0.3, 0.4) is 0 Å². The van der Waals surface area contributed by atoms with E-state index in [4.69, 9.17) is 4.74 Å². The summed E-state index contributed by atoms with van der Waals surface area (Å²) in [6, 6.07) is 3.31. The topological polar surface area (TPSA) is 43.6 Å². The number of carbonyl (C=O) groups excluding carboxylic acids is 1.